The van der Waals surface area contributed by atoms with Crippen LogP contribution in [-0.2, 0) is 38.4 Å². The largest absolute Gasteiger partial charge is 0.480 e. The molecule has 1 spiro atoms. The third-order valence-corrected chi connectivity index (χ3v) is 8.24. The maximum Gasteiger partial charge on any atom is 0.326 e. The highest BCUT2D eigenvalue weighted by Gasteiger charge is 2.69. The molecule has 2 N–H and O–H groups in total. The van der Waals surface area contributed by atoms with Crippen LogP contribution in [0.3, 0.4) is 0 Å². The van der Waals surface area contributed by atoms with Crippen molar-refractivity contribution < 1.29 is 43.5 Å². The Labute approximate surface area is 206 Å². The first kappa shape index (κ1) is 26.3. The molecule has 10 nitrogen and oxygen atoms in total. The number of rotatable bonds is 8. The molecule has 9 atom stereocenters. The van der Waals surface area contributed by atoms with Gasteiger partial charge in [-0.3, -0.25) is 9.59 Å². The van der Waals surface area contributed by atoms with Crippen molar-refractivity contribution in [2.75, 3.05) is 0 Å². The number of aliphatic carboxylic acids is 1. The fourth-order valence-corrected chi connectivity index (χ4v) is 6.37. The van der Waals surface area contributed by atoms with Crippen LogP contribution in [0.15, 0.2) is 0 Å². The van der Waals surface area contributed by atoms with Crippen LogP contribution in [-0.4, -0.2) is 53.0 Å². The normalized spacial score (nSPS) is 41.0. The summed E-state index contributed by atoms with van der Waals surface area (Å²) in [5.74, 6) is -2.46. The second kappa shape index (κ2) is 9.95. The van der Waals surface area contributed by atoms with Crippen molar-refractivity contribution in [2.24, 2.45) is 29.6 Å². The SMILES string of the molecule is CC(C)C[C@H](NC(=O)CCC(=O)O[C@@H]1O[C@@H]2O[C@]3(C)CC[C@H]4[C@H](C)CC[C@@H]([C@H]1C)[C@@]24OO3)C(=O)O. The number of fused-ring (bicyclic) bond motifs is 2. The zero-order valence-electron chi connectivity index (χ0n) is 21.3. The van der Waals surface area contributed by atoms with Gasteiger partial charge in [-0.15, -0.1) is 0 Å². The third kappa shape index (κ3) is 5.08. The van der Waals surface area contributed by atoms with Crippen LogP contribution >= 0.6 is 0 Å². The smallest absolute Gasteiger partial charge is 0.326 e. The molecular formula is C25H39NO9. The van der Waals surface area contributed by atoms with E-state index in [2.05, 4.69) is 12.2 Å². The predicted molar refractivity (Wildman–Crippen MR) is 121 cm³/mol. The monoisotopic (exact) mass is 497 g/mol. The molecule has 4 heterocycles. The van der Waals surface area contributed by atoms with Gasteiger partial charge in [-0.1, -0.05) is 27.7 Å². The summed E-state index contributed by atoms with van der Waals surface area (Å²) in [6, 6.07) is -0.982. The highest BCUT2D eigenvalue weighted by molar-refractivity contribution is 5.85. The van der Waals surface area contributed by atoms with Crippen molar-refractivity contribution >= 4 is 17.8 Å². The summed E-state index contributed by atoms with van der Waals surface area (Å²) in [4.78, 5) is 48.1. The standard InChI is InChI=1S/C25H39NO9/c1-13(2)12-18(21(29)30)26-19(27)8-9-20(28)31-22-15(4)17-7-6-14(3)16-10-11-24(5)33-23(32-22)25(16,17)35-34-24/h13-18,22-23H,6-12H2,1-5H3,(H,26,27)(H,29,30)/t14-,15-,16+,17+,18+,22-,23-,24+,25-/m1/s1. The Kier molecular flexibility index (Phi) is 7.48. The molecule has 5 aliphatic rings. The number of amides is 1. The van der Waals surface area contributed by atoms with Crippen LogP contribution in [0.1, 0.15) is 79.6 Å². The lowest BCUT2D eigenvalue weighted by atomic mass is 9.58. The van der Waals surface area contributed by atoms with Gasteiger partial charge in [0.25, 0.3) is 0 Å². The van der Waals surface area contributed by atoms with E-state index in [1.54, 1.807) is 0 Å². The first-order chi connectivity index (χ1) is 16.4. The van der Waals surface area contributed by atoms with E-state index >= 15 is 0 Å². The maximum absolute atomic E-state index is 12.6. The minimum atomic E-state index is -1.09. The van der Waals surface area contributed by atoms with Crippen molar-refractivity contribution in [1.29, 1.82) is 0 Å². The lowest BCUT2D eigenvalue weighted by Crippen LogP contribution is -2.70. The molecule has 35 heavy (non-hydrogen) atoms. The number of hydrogen-bond donors (Lipinski definition) is 2. The number of ether oxygens (including phenoxy) is 3. The van der Waals surface area contributed by atoms with E-state index in [-0.39, 0.29) is 36.5 Å². The van der Waals surface area contributed by atoms with Gasteiger partial charge in [-0.2, -0.15) is 0 Å². The van der Waals surface area contributed by atoms with Gasteiger partial charge in [0, 0.05) is 24.7 Å². The van der Waals surface area contributed by atoms with Crippen molar-refractivity contribution in [1.82, 2.24) is 5.32 Å². The van der Waals surface area contributed by atoms with Crippen molar-refractivity contribution in [3.8, 4) is 0 Å². The minimum absolute atomic E-state index is 0.0264. The van der Waals surface area contributed by atoms with Gasteiger partial charge < -0.3 is 24.6 Å². The summed E-state index contributed by atoms with van der Waals surface area (Å²) in [5.41, 5.74) is -0.738. The van der Waals surface area contributed by atoms with Gasteiger partial charge >= 0.3 is 11.9 Å². The minimum Gasteiger partial charge on any atom is -0.480 e. The first-order valence-corrected chi connectivity index (χ1v) is 12.9. The molecule has 4 aliphatic heterocycles. The van der Waals surface area contributed by atoms with E-state index in [0.717, 1.165) is 19.3 Å². The fourth-order valence-electron chi connectivity index (χ4n) is 6.37. The number of carbonyl (C=O) groups excluding carboxylic acids is 2. The fraction of sp³-hybridized carbons (Fsp3) is 0.880. The lowest BCUT2D eigenvalue weighted by Gasteiger charge is -2.59. The Morgan fingerprint density at radius 1 is 1.09 bits per heavy atom. The number of carbonyl (C=O) groups is 3. The summed E-state index contributed by atoms with van der Waals surface area (Å²) in [7, 11) is 0. The van der Waals surface area contributed by atoms with Gasteiger partial charge in [-0.25, -0.2) is 14.6 Å². The van der Waals surface area contributed by atoms with Gasteiger partial charge in [0.05, 0.1) is 6.42 Å². The lowest BCUT2D eigenvalue weighted by molar-refractivity contribution is -0.576. The summed E-state index contributed by atoms with van der Waals surface area (Å²) in [5, 5.41) is 11.8. The number of hydrogen-bond acceptors (Lipinski definition) is 8. The van der Waals surface area contributed by atoms with Gasteiger partial charge in [0.15, 0.2) is 11.9 Å². The maximum atomic E-state index is 12.6. The molecule has 1 aliphatic carbocycles. The van der Waals surface area contributed by atoms with E-state index in [4.69, 9.17) is 24.0 Å². The molecule has 0 aromatic rings. The number of nitrogens with one attached hydrogen (secondary N) is 1. The van der Waals surface area contributed by atoms with Crippen molar-refractivity contribution in [3.63, 3.8) is 0 Å². The Bertz CT molecular complexity index is 834. The van der Waals surface area contributed by atoms with Crippen molar-refractivity contribution in [3.05, 3.63) is 0 Å². The van der Waals surface area contributed by atoms with E-state index in [9.17, 15) is 19.5 Å². The highest BCUT2D eigenvalue weighted by Crippen LogP contribution is 2.60. The van der Waals surface area contributed by atoms with Crippen LogP contribution in [0.25, 0.3) is 0 Å². The number of esters is 1. The quantitative estimate of drug-likeness (QED) is 0.384. The first-order valence-electron chi connectivity index (χ1n) is 12.9. The second-order valence-corrected chi connectivity index (χ2v) is 11.4. The summed E-state index contributed by atoms with van der Waals surface area (Å²) >= 11 is 0. The predicted octanol–water partition coefficient (Wildman–Crippen LogP) is 3.13. The molecule has 4 saturated heterocycles. The van der Waals surface area contributed by atoms with Crippen LogP contribution in [0.2, 0.25) is 0 Å². The van der Waals surface area contributed by atoms with Crippen LogP contribution in [0.5, 0.6) is 0 Å². The molecular weight excluding hydrogens is 458 g/mol. The molecule has 10 heteroatoms. The summed E-state index contributed by atoms with van der Waals surface area (Å²) in [6.45, 7) is 9.81. The summed E-state index contributed by atoms with van der Waals surface area (Å²) < 4.78 is 18.2. The average Bonchev–Trinajstić information content (AvgIpc) is 3.01. The van der Waals surface area contributed by atoms with E-state index < -0.39 is 47.9 Å². The van der Waals surface area contributed by atoms with Crippen LogP contribution in [0.4, 0.5) is 0 Å². The van der Waals surface area contributed by atoms with Crippen molar-refractivity contribution in [2.45, 2.75) is 110 Å². The van der Waals surface area contributed by atoms with Gasteiger partial charge in [0.1, 0.15) is 6.04 Å². The zero-order valence-corrected chi connectivity index (χ0v) is 21.3. The molecule has 0 unspecified atom stereocenters. The van der Waals surface area contributed by atoms with Gasteiger partial charge in [-0.05, 0) is 50.4 Å². The van der Waals surface area contributed by atoms with E-state index in [1.165, 1.54) is 0 Å². The molecule has 2 bridgehead atoms. The highest BCUT2D eigenvalue weighted by atomic mass is 17.3. The van der Waals surface area contributed by atoms with E-state index in [1.807, 2.05) is 27.7 Å². The Balaban J connectivity index is 1.38. The number of carboxylic acids is 1. The Morgan fingerprint density at radius 2 is 1.83 bits per heavy atom. The molecule has 0 aromatic heterocycles. The zero-order chi connectivity index (χ0) is 25.5. The molecule has 1 amide bonds. The molecule has 5 fully saturated rings. The molecule has 198 valence electrons. The second-order valence-electron chi connectivity index (χ2n) is 11.4. The molecule has 5 rings (SSSR count). The molecule has 1 saturated carbocycles. The average molecular weight is 498 g/mol. The van der Waals surface area contributed by atoms with Crippen LogP contribution < -0.4 is 5.32 Å². The van der Waals surface area contributed by atoms with Crippen LogP contribution in [0, 0.1) is 29.6 Å². The Morgan fingerprint density at radius 3 is 2.51 bits per heavy atom. The van der Waals surface area contributed by atoms with E-state index in [0.29, 0.717) is 18.8 Å². The number of carboxylic acid groups (broad SMARTS) is 1. The third-order valence-electron chi connectivity index (χ3n) is 8.24. The summed E-state index contributed by atoms with van der Waals surface area (Å²) in [6.07, 6.45) is 1.95. The topological polar surface area (TPSA) is 130 Å². The molecule has 0 radical (unpaired) electrons. The van der Waals surface area contributed by atoms with Gasteiger partial charge in [0.2, 0.25) is 18.0 Å². The molecule has 0 aromatic carbocycles. The Hall–Kier alpha value is -1.75.